The molecule has 1 fully saturated rings. The smallest absolute Gasteiger partial charge is 0.303 e. The summed E-state index contributed by atoms with van der Waals surface area (Å²) in [6.07, 6.45) is 6.68. The number of rotatable bonds is 3. The largest absolute Gasteiger partial charge is 0.463 e. The minimum absolute atomic E-state index is 0.187. The minimum atomic E-state index is -1.14. The number of ether oxygens (including phenoxy) is 2. The van der Waals surface area contributed by atoms with Crippen LogP contribution >= 0.6 is 23.2 Å². The molecule has 8 heteroatoms. The van der Waals surface area contributed by atoms with Crippen LogP contribution in [0.15, 0.2) is 28.3 Å². The second-order valence-electron chi connectivity index (χ2n) is 4.59. The van der Waals surface area contributed by atoms with Gasteiger partial charge in [0.2, 0.25) is 6.19 Å². The minimum Gasteiger partial charge on any atom is -0.463 e. The van der Waals surface area contributed by atoms with E-state index in [4.69, 9.17) is 37.9 Å². The summed E-state index contributed by atoms with van der Waals surface area (Å²) in [5.74, 6) is -0.476. The van der Waals surface area contributed by atoms with E-state index in [1.807, 2.05) is 0 Å². The molecule has 0 N–H and O–H groups in total. The van der Waals surface area contributed by atoms with Gasteiger partial charge in [-0.3, -0.25) is 4.79 Å². The van der Waals surface area contributed by atoms with Crippen LogP contribution in [0, 0.1) is 11.5 Å². The van der Waals surface area contributed by atoms with Gasteiger partial charge >= 0.3 is 12.0 Å². The average Bonchev–Trinajstić information content (AvgIpc) is 2.83. The van der Waals surface area contributed by atoms with Crippen LogP contribution < -0.4 is 0 Å². The number of hydrogen-bond donors (Lipinski definition) is 0. The molecule has 1 aliphatic carbocycles. The number of nitriles is 1. The second kappa shape index (κ2) is 6.37. The van der Waals surface area contributed by atoms with Crippen molar-refractivity contribution in [2.45, 2.75) is 17.9 Å². The predicted octanol–water partition coefficient (Wildman–Crippen LogP) is 1.76. The first kappa shape index (κ1) is 15.7. The number of nitrogens with zero attached hydrogens (tertiary/aromatic N) is 3. The summed E-state index contributed by atoms with van der Waals surface area (Å²) in [5, 5.41) is 8.30. The first-order valence-corrected chi connectivity index (χ1v) is 7.03. The van der Waals surface area contributed by atoms with E-state index >= 15 is 0 Å². The van der Waals surface area contributed by atoms with Crippen molar-refractivity contribution >= 4 is 35.2 Å². The van der Waals surface area contributed by atoms with Gasteiger partial charge in [-0.1, -0.05) is 17.7 Å². The van der Waals surface area contributed by atoms with Gasteiger partial charge < -0.3 is 14.4 Å². The highest BCUT2D eigenvalue weighted by Gasteiger charge is 2.45. The number of alkyl halides is 1. The molecule has 2 aliphatic rings. The Hall–Kier alpha value is -1.71. The Morgan fingerprint density at radius 3 is 3.19 bits per heavy atom. The van der Waals surface area contributed by atoms with E-state index < -0.39 is 16.9 Å². The van der Waals surface area contributed by atoms with E-state index in [1.165, 1.54) is 6.92 Å². The molecule has 2 unspecified atom stereocenters. The van der Waals surface area contributed by atoms with Crippen LogP contribution in [0.5, 0.6) is 0 Å². The van der Waals surface area contributed by atoms with Gasteiger partial charge in [-0.15, -0.1) is 16.6 Å². The van der Waals surface area contributed by atoms with Gasteiger partial charge in [-0.25, -0.2) is 0 Å². The Morgan fingerprint density at radius 2 is 2.52 bits per heavy atom. The number of halogens is 2. The fourth-order valence-electron chi connectivity index (χ4n) is 2.25. The number of allylic oxidation sites excluding steroid dienone is 2. The molecule has 0 saturated carbocycles. The lowest BCUT2D eigenvalue weighted by Crippen LogP contribution is -2.52. The summed E-state index contributed by atoms with van der Waals surface area (Å²) >= 11 is 12.4. The Morgan fingerprint density at radius 1 is 1.76 bits per heavy atom. The second-order valence-corrected chi connectivity index (χ2v) is 5.46. The third kappa shape index (κ3) is 3.31. The Bertz CT molecular complexity index is 567. The number of hydrogen-bond acceptors (Lipinski definition) is 5. The van der Waals surface area contributed by atoms with E-state index in [9.17, 15) is 4.79 Å². The monoisotopic (exact) mass is 329 g/mol. The van der Waals surface area contributed by atoms with Crippen molar-refractivity contribution < 1.29 is 14.3 Å². The highest BCUT2D eigenvalue weighted by atomic mass is 35.5. The third-order valence-electron chi connectivity index (χ3n) is 3.09. The highest BCUT2D eigenvalue weighted by molar-refractivity contribution is 6.38. The summed E-state index contributed by atoms with van der Waals surface area (Å²) in [6, 6.07) is 0.187. The third-order valence-corrected chi connectivity index (χ3v) is 4.15. The van der Waals surface area contributed by atoms with Gasteiger partial charge in [0.05, 0.1) is 13.1 Å². The van der Waals surface area contributed by atoms with Crippen LogP contribution in [-0.2, 0) is 14.3 Å². The van der Waals surface area contributed by atoms with Gasteiger partial charge in [0.1, 0.15) is 12.0 Å². The number of amidine groups is 1. The number of carbonyl (C=O) groups is 1. The van der Waals surface area contributed by atoms with Crippen LogP contribution in [-0.4, -0.2) is 47.6 Å². The molecule has 0 radical (unpaired) electrons. The summed E-state index contributed by atoms with van der Waals surface area (Å²) < 4.78 is 10.7. The quantitative estimate of drug-likeness (QED) is 0.448. The zero-order chi connectivity index (χ0) is 15.5. The van der Waals surface area contributed by atoms with Crippen LogP contribution in [0.3, 0.4) is 0 Å². The predicted molar refractivity (Wildman–Crippen MR) is 77.8 cm³/mol. The van der Waals surface area contributed by atoms with Crippen molar-refractivity contribution in [1.29, 1.82) is 5.26 Å². The average molecular weight is 330 g/mol. The molecular formula is C13H13Cl2N3O3. The van der Waals surface area contributed by atoms with Crippen LogP contribution in [0.4, 0.5) is 0 Å². The maximum Gasteiger partial charge on any atom is 0.303 e. The van der Waals surface area contributed by atoms with Crippen LogP contribution in [0.2, 0.25) is 0 Å². The molecule has 0 spiro atoms. The standard InChI is InChI=1S/C13H13Cl2N3O3/c1-9(19)21-13(4-2-3-10(14)11(13)15)7-18-5-6-20-12(18)17-8-16/h2-4,11H,5-7H2,1H3. The molecule has 6 nitrogen and oxygen atoms in total. The van der Waals surface area contributed by atoms with Crippen LogP contribution in [0.1, 0.15) is 6.92 Å². The van der Waals surface area contributed by atoms with Gasteiger partial charge in [-0.05, 0) is 12.2 Å². The molecular weight excluding hydrogens is 317 g/mol. The molecule has 2 atom stereocenters. The summed E-state index contributed by atoms with van der Waals surface area (Å²) in [7, 11) is 0. The highest BCUT2D eigenvalue weighted by Crippen LogP contribution is 2.35. The van der Waals surface area contributed by atoms with E-state index in [2.05, 4.69) is 4.99 Å². The van der Waals surface area contributed by atoms with Gasteiger partial charge in [0.15, 0.2) is 5.60 Å². The van der Waals surface area contributed by atoms with Crippen molar-refractivity contribution in [3.8, 4) is 6.19 Å². The molecule has 1 aliphatic heterocycles. The normalized spacial score (nSPS) is 29.8. The SMILES string of the molecule is CC(=O)OC1(CN2CCOC2=NC#N)C=CC=C(Cl)C1Cl. The Balaban J connectivity index is 2.28. The van der Waals surface area contributed by atoms with E-state index in [0.29, 0.717) is 18.2 Å². The molecule has 1 saturated heterocycles. The Kier molecular flexibility index (Phi) is 4.76. The van der Waals surface area contributed by atoms with E-state index in [0.717, 1.165) is 0 Å². The molecule has 0 bridgehead atoms. The maximum absolute atomic E-state index is 11.4. The molecule has 21 heavy (non-hydrogen) atoms. The van der Waals surface area contributed by atoms with Crippen molar-refractivity contribution in [2.24, 2.45) is 4.99 Å². The summed E-state index contributed by atoms with van der Waals surface area (Å²) in [4.78, 5) is 16.7. The number of esters is 1. The fraction of sp³-hybridized carbons (Fsp3) is 0.462. The number of carbonyl (C=O) groups excluding carboxylic acids is 1. The molecule has 112 valence electrons. The van der Waals surface area contributed by atoms with Gasteiger partial charge in [0, 0.05) is 12.0 Å². The van der Waals surface area contributed by atoms with E-state index in [1.54, 1.807) is 29.3 Å². The summed E-state index contributed by atoms with van der Waals surface area (Å²) in [5.41, 5.74) is -1.14. The zero-order valence-electron chi connectivity index (χ0n) is 11.3. The van der Waals surface area contributed by atoms with Crippen LogP contribution in [0.25, 0.3) is 0 Å². The first-order chi connectivity index (χ1) is 9.98. The molecule has 0 aromatic carbocycles. The fourth-order valence-corrected chi connectivity index (χ4v) is 2.77. The molecule has 0 aromatic heterocycles. The topological polar surface area (TPSA) is 74.9 Å². The first-order valence-electron chi connectivity index (χ1n) is 6.21. The van der Waals surface area contributed by atoms with Gasteiger partial charge in [-0.2, -0.15) is 5.26 Å². The van der Waals surface area contributed by atoms with Crippen molar-refractivity contribution in [3.63, 3.8) is 0 Å². The molecule has 0 amide bonds. The van der Waals surface area contributed by atoms with Crippen molar-refractivity contribution in [2.75, 3.05) is 19.7 Å². The van der Waals surface area contributed by atoms with E-state index in [-0.39, 0.29) is 12.6 Å². The lowest BCUT2D eigenvalue weighted by Gasteiger charge is -2.38. The molecule has 1 heterocycles. The van der Waals surface area contributed by atoms with Crippen molar-refractivity contribution in [1.82, 2.24) is 4.90 Å². The lowest BCUT2D eigenvalue weighted by molar-refractivity contribution is -0.152. The zero-order valence-corrected chi connectivity index (χ0v) is 12.8. The summed E-state index contributed by atoms with van der Waals surface area (Å²) in [6.45, 7) is 2.41. The molecule has 0 aromatic rings. The van der Waals surface area contributed by atoms with Gasteiger partial charge in [0.25, 0.3) is 0 Å². The molecule has 2 rings (SSSR count). The number of aliphatic imine (C=N–C) groups is 1. The van der Waals surface area contributed by atoms with Crippen molar-refractivity contribution in [3.05, 3.63) is 23.3 Å². The Labute approximate surface area is 132 Å². The lowest BCUT2D eigenvalue weighted by atomic mass is 9.93. The maximum atomic E-state index is 11.4.